The van der Waals surface area contributed by atoms with Crippen LogP contribution in [0.5, 0.6) is 0 Å². The Morgan fingerprint density at radius 3 is 2.38 bits per heavy atom. The van der Waals surface area contributed by atoms with Gasteiger partial charge < -0.3 is 0 Å². The molecule has 118 valence electrons. The van der Waals surface area contributed by atoms with E-state index in [1.807, 2.05) is 30.0 Å². The molecule has 0 amide bonds. The number of sulfone groups is 1. The first-order valence-corrected chi connectivity index (χ1v) is 12.1. The maximum atomic E-state index is 11.8. The Balaban J connectivity index is 1.98. The zero-order valence-electron chi connectivity index (χ0n) is 11.8. The first-order valence-electron chi connectivity index (χ1n) is 7.01. The third-order valence-corrected chi connectivity index (χ3v) is 9.26. The molecule has 0 N–H and O–H groups in total. The molecule has 1 heterocycles. The van der Waals surface area contributed by atoms with Crippen molar-refractivity contribution in [3.8, 4) is 0 Å². The molecule has 1 fully saturated rings. The maximum Gasteiger partial charge on any atom is 0.150 e. The predicted octanol–water partition coefficient (Wildman–Crippen LogP) is 4.38. The second-order valence-electron chi connectivity index (χ2n) is 5.64. The number of halogens is 2. The highest BCUT2D eigenvalue weighted by Crippen LogP contribution is 2.43. The van der Waals surface area contributed by atoms with Crippen LogP contribution in [0, 0.1) is 11.3 Å². The molecule has 21 heavy (non-hydrogen) atoms. The Labute approximate surface area is 148 Å². The zero-order chi connectivity index (χ0) is 15.3. The number of thioether (sulfide) groups is 1. The van der Waals surface area contributed by atoms with Crippen LogP contribution in [0.15, 0.2) is 35.2 Å². The lowest BCUT2D eigenvalue weighted by Gasteiger charge is -2.35. The van der Waals surface area contributed by atoms with Crippen molar-refractivity contribution in [2.75, 3.05) is 27.9 Å². The van der Waals surface area contributed by atoms with E-state index in [4.69, 9.17) is 0 Å². The van der Waals surface area contributed by atoms with Gasteiger partial charge in [0.1, 0.15) is 0 Å². The summed E-state index contributed by atoms with van der Waals surface area (Å²) >= 11 is 9.11. The van der Waals surface area contributed by atoms with Gasteiger partial charge in [-0.15, -0.1) is 11.8 Å². The average Bonchev–Trinajstić information content (AvgIpc) is 2.86. The molecule has 0 bridgehead atoms. The molecule has 0 spiro atoms. The Hall–Kier alpha value is 0.480. The van der Waals surface area contributed by atoms with E-state index < -0.39 is 9.84 Å². The second kappa shape index (κ2) is 7.84. The lowest BCUT2D eigenvalue weighted by atomic mass is 9.76. The minimum atomic E-state index is -2.82. The van der Waals surface area contributed by atoms with Gasteiger partial charge in [0.15, 0.2) is 9.84 Å². The molecule has 1 aliphatic rings. The molecule has 2 rings (SSSR count). The average molecular weight is 456 g/mol. The van der Waals surface area contributed by atoms with E-state index in [1.165, 1.54) is 4.90 Å². The van der Waals surface area contributed by atoms with Gasteiger partial charge in [-0.1, -0.05) is 50.1 Å². The van der Waals surface area contributed by atoms with Gasteiger partial charge in [-0.25, -0.2) is 8.42 Å². The van der Waals surface area contributed by atoms with Crippen LogP contribution in [-0.2, 0) is 9.84 Å². The number of benzene rings is 1. The molecule has 0 aromatic heterocycles. The molecule has 2 nitrogen and oxygen atoms in total. The van der Waals surface area contributed by atoms with Crippen LogP contribution < -0.4 is 0 Å². The van der Waals surface area contributed by atoms with Gasteiger partial charge >= 0.3 is 0 Å². The van der Waals surface area contributed by atoms with Crippen molar-refractivity contribution < 1.29 is 8.42 Å². The monoisotopic (exact) mass is 454 g/mol. The fourth-order valence-corrected chi connectivity index (χ4v) is 8.20. The van der Waals surface area contributed by atoms with E-state index >= 15 is 0 Å². The summed E-state index contributed by atoms with van der Waals surface area (Å²) in [6.07, 6.45) is 1.82. The smallest absolute Gasteiger partial charge is 0.150 e. The van der Waals surface area contributed by atoms with Gasteiger partial charge in [-0.05, 0) is 42.1 Å². The third kappa shape index (κ3) is 4.72. The van der Waals surface area contributed by atoms with Crippen molar-refractivity contribution in [3.63, 3.8) is 0 Å². The van der Waals surface area contributed by atoms with Crippen LogP contribution in [0.2, 0.25) is 0 Å². The molecule has 0 aliphatic carbocycles. The molecular formula is C15H20Br2O2S2. The van der Waals surface area contributed by atoms with E-state index in [-0.39, 0.29) is 11.3 Å². The zero-order valence-corrected chi connectivity index (χ0v) is 16.6. The Kier molecular flexibility index (Phi) is 6.66. The molecule has 6 heteroatoms. The first-order chi connectivity index (χ1) is 10.0. The third-order valence-electron chi connectivity index (χ3n) is 4.24. The largest absolute Gasteiger partial charge is 0.229 e. The highest BCUT2D eigenvalue weighted by Gasteiger charge is 2.42. The van der Waals surface area contributed by atoms with E-state index in [2.05, 4.69) is 44.0 Å². The number of hydrogen-bond donors (Lipinski definition) is 0. The van der Waals surface area contributed by atoms with Gasteiger partial charge in [0.05, 0.1) is 11.5 Å². The Bertz CT molecular complexity index is 542. The van der Waals surface area contributed by atoms with Crippen molar-refractivity contribution in [3.05, 3.63) is 30.3 Å². The van der Waals surface area contributed by atoms with Crippen LogP contribution in [0.1, 0.15) is 12.8 Å². The summed E-state index contributed by atoms with van der Waals surface area (Å²) < 4.78 is 23.6. The normalized spacial score (nSPS) is 21.5. The summed E-state index contributed by atoms with van der Waals surface area (Å²) in [4.78, 5) is 1.27. The topological polar surface area (TPSA) is 34.1 Å². The van der Waals surface area contributed by atoms with E-state index in [0.717, 1.165) is 29.3 Å². The maximum absolute atomic E-state index is 11.8. The highest BCUT2D eigenvalue weighted by atomic mass is 79.9. The quantitative estimate of drug-likeness (QED) is 0.451. The van der Waals surface area contributed by atoms with Gasteiger partial charge in [0, 0.05) is 15.6 Å². The summed E-state index contributed by atoms with van der Waals surface area (Å²) in [5.41, 5.74) is 0.0331. The van der Waals surface area contributed by atoms with E-state index in [9.17, 15) is 8.42 Å². The predicted molar refractivity (Wildman–Crippen MR) is 98.6 cm³/mol. The van der Waals surface area contributed by atoms with Crippen molar-refractivity contribution >= 4 is 53.5 Å². The summed E-state index contributed by atoms with van der Waals surface area (Å²) in [6, 6.07) is 10.4. The standard InChI is InChI=1S/C15H20Br2O2S2/c16-11-15(12-17,13-6-9-21(18,19)10-13)7-8-20-14-4-2-1-3-5-14/h1-5,13H,6-12H2. The fraction of sp³-hybridized carbons (Fsp3) is 0.600. The van der Waals surface area contributed by atoms with Gasteiger partial charge in [-0.2, -0.15) is 0 Å². The van der Waals surface area contributed by atoms with E-state index in [0.29, 0.717) is 11.5 Å². The van der Waals surface area contributed by atoms with E-state index in [1.54, 1.807) is 0 Å². The molecule has 0 saturated carbocycles. The van der Waals surface area contributed by atoms with Crippen LogP contribution in [0.25, 0.3) is 0 Å². The molecule has 1 saturated heterocycles. The fourth-order valence-electron chi connectivity index (χ4n) is 2.76. The summed E-state index contributed by atoms with van der Waals surface area (Å²) in [6.45, 7) is 0. The lowest BCUT2D eigenvalue weighted by Crippen LogP contribution is -2.35. The van der Waals surface area contributed by atoms with Crippen LogP contribution in [-0.4, -0.2) is 36.3 Å². The first kappa shape index (κ1) is 17.8. The van der Waals surface area contributed by atoms with Gasteiger partial charge in [-0.3, -0.25) is 0 Å². The highest BCUT2D eigenvalue weighted by molar-refractivity contribution is 9.09. The van der Waals surface area contributed by atoms with Crippen LogP contribution in [0.4, 0.5) is 0 Å². The number of hydrogen-bond acceptors (Lipinski definition) is 3. The minimum absolute atomic E-state index is 0.0331. The minimum Gasteiger partial charge on any atom is -0.229 e. The SMILES string of the molecule is O=S1(=O)CCC(C(CBr)(CBr)CCSc2ccccc2)C1. The van der Waals surface area contributed by atoms with Crippen molar-refractivity contribution in [2.24, 2.45) is 11.3 Å². The number of rotatable bonds is 7. The molecule has 0 radical (unpaired) electrons. The summed E-state index contributed by atoms with van der Waals surface area (Å²) in [5, 5.41) is 1.70. The molecule has 1 aliphatic heterocycles. The van der Waals surface area contributed by atoms with Crippen molar-refractivity contribution in [1.29, 1.82) is 0 Å². The van der Waals surface area contributed by atoms with Crippen LogP contribution >= 0.6 is 43.6 Å². The Morgan fingerprint density at radius 2 is 1.86 bits per heavy atom. The molecule has 1 aromatic rings. The second-order valence-corrected chi connectivity index (χ2v) is 10.2. The van der Waals surface area contributed by atoms with Gasteiger partial charge in [0.25, 0.3) is 0 Å². The molecular weight excluding hydrogens is 436 g/mol. The summed E-state index contributed by atoms with van der Waals surface area (Å²) in [7, 11) is -2.82. The van der Waals surface area contributed by atoms with Crippen LogP contribution in [0.3, 0.4) is 0 Å². The molecule has 1 unspecified atom stereocenters. The molecule has 1 aromatic carbocycles. The molecule has 1 atom stereocenters. The summed E-state index contributed by atoms with van der Waals surface area (Å²) in [5.74, 6) is 1.97. The lowest BCUT2D eigenvalue weighted by molar-refractivity contribution is 0.247. The van der Waals surface area contributed by atoms with Crippen molar-refractivity contribution in [1.82, 2.24) is 0 Å². The van der Waals surface area contributed by atoms with Gasteiger partial charge in [0.2, 0.25) is 0 Å². The van der Waals surface area contributed by atoms with Crippen molar-refractivity contribution in [2.45, 2.75) is 17.7 Å². The Morgan fingerprint density at radius 1 is 1.19 bits per heavy atom. The number of alkyl halides is 2.